The molecule has 18 heavy (non-hydrogen) atoms. The van der Waals surface area contributed by atoms with Crippen molar-refractivity contribution in [3.8, 4) is 5.75 Å². The Labute approximate surface area is 114 Å². The average molecular weight is 314 g/mol. The molecule has 1 heterocycles. The molecule has 1 aliphatic heterocycles. The lowest BCUT2D eigenvalue weighted by molar-refractivity contribution is -0.148. The molecular formula is C13H16BrNO3. The molecule has 5 heteroatoms. The Morgan fingerprint density at radius 3 is 3.00 bits per heavy atom. The lowest BCUT2D eigenvalue weighted by Crippen LogP contribution is -2.34. The van der Waals surface area contributed by atoms with E-state index in [1.807, 2.05) is 24.3 Å². The molecule has 2 N–H and O–H groups in total. The number of rotatable bonds is 5. The van der Waals surface area contributed by atoms with Crippen LogP contribution in [0.15, 0.2) is 28.7 Å². The maximum absolute atomic E-state index is 11.3. The van der Waals surface area contributed by atoms with E-state index in [4.69, 9.17) is 4.74 Å². The highest BCUT2D eigenvalue weighted by Crippen LogP contribution is 2.30. The number of ether oxygens (including phenoxy) is 1. The van der Waals surface area contributed by atoms with Gasteiger partial charge in [0, 0.05) is 11.0 Å². The summed E-state index contributed by atoms with van der Waals surface area (Å²) in [5, 5.41) is 12.4. The summed E-state index contributed by atoms with van der Waals surface area (Å²) in [6.07, 6.45) is 1.20. The molecule has 0 amide bonds. The standard InChI is InChI=1S/C13H16BrNO3/c14-10-2-1-3-11(8-10)18-7-5-13(12(16)17)4-6-15-9-13/h1-3,8,15H,4-7,9H2,(H,16,17). The second kappa shape index (κ2) is 5.71. The Kier molecular flexibility index (Phi) is 4.24. The van der Waals surface area contributed by atoms with Gasteiger partial charge in [-0.25, -0.2) is 0 Å². The Morgan fingerprint density at radius 2 is 2.39 bits per heavy atom. The number of halogens is 1. The third-order valence-corrected chi connectivity index (χ3v) is 3.84. The fraction of sp³-hybridized carbons (Fsp3) is 0.462. The van der Waals surface area contributed by atoms with Crippen LogP contribution in [0.25, 0.3) is 0 Å². The largest absolute Gasteiger partial charge is 0.494 e. The summed E-state index contributed by atoms with van der Waals surface area (Å²) < 4.78 is 6.56. The Hall–Kier alpha value is -1.07. The second-order valence-corrected chi connectivity index (χ2v) is 5.48. The maximum atomic E-state index is 11.3. The molecule has 0 bridgehead atoms. The molecule has 4 nitrogen and oxygen atoms in total. The third kappa shape index (κ3) is 3.03. The summed E-state index contributed by atoms with van der Waals surface area (Å²) in [4.78, 5) is 11.3. The molecule has 1 aliphatic rings. The van der Waals surface area contributed by atoms with Crippen molar-refractivity contribution in [3.63, 3.8) is 0 Å². The summed E-state index contributed by atoms with van der Waals surface area (Å²) in [6, 6.07) is 7.56. The van der Waals surface area contributed by atoms with Crippen LogP contribution in [0.4, 0.5) is 0 Å². The number of carboxylic acid groups (broad SMARTS) is 1. The van der Waals surface area contributed by atoms with Crippen molar-refractivity contribution in [1.82, 2.24) is 5.32 Å². The minimum Gasteiger partial charge on any atom is -0.494 e. The molecule has 0 aliphatic carbocycles. The van der Waals surface area contributed by atoms with Gasteiger partial charge in [-0.15, -0.1) is 0 Å². The highest BCUT2D eigenvalue weighted by Gasteiger charge is 2.41. The van der Waals surface area contributed by atoms with Crippen molar-refractivity contribution in [1.29, 1.82) is 0 Å². The predicted octanol–water partition coefficient (Wildman–Crippen LogP) is 2.28. The van der Waals surface area contributed by atoms with Crippen LogP contribution in [-0.4, -0.2) is 30.8 Å². The van der Waals surface area contributed by atoms with E-state index in [0.29, 0.717) is 26.0 Å². The van der Waals surface area contributed by atoms with Crippen LogP contribution in [0, 0.1) is 5.41 Å². The number of carboxylic acids is 1. The SMILES string of the molecule is O=C(O)C1(CCOc2cccc(Br)c2)CCNC1. The van der Waals surface area contributed by atoms with Gasteiger partial charge in [-0.1, -0.05) is 22.0 Å². The molecule has 0 saturated carbocycles. The van der Waals surface area contributed by atoms with Crippen molar-refractivity contribution in [2.24, 2.45) is 5.41 Å². The molecule has 1 unspecified atom stereocenters. The van der Waals surface area contributed by atoms with Crippen LogP contribution >= 0.6 is 15.9 Å². The van der Waals surface area contributed by atoms with Crippen LogP contribution in [-0.2, 0) is 4.79 Å². The van der Waals surface area contributed by atoms with Gasteiger partial charge in [-0.2, -0.15) is 0 Å². The summed E-state index contributed by atoms with van der Waals surface area (Å²) in [6.45, 7) is 1.72. The lowest BCUT2D eigenvalue weighted by atomic mass is 9.84. The number of nitrogens with one attached hydrogen (secondary N) is 1. The van der Waals surface area contributed by atoms with Gasteiger partial charge in [0.2, 0.25) is 0 Å². The quantitative estimate of drug-likeness (QED) is 0.875. The molecule has 2 rings (SSSR count). The highest BCUT2D eigenvalue weighted by molar-refractivity contribution is 9.10. The van der Waals surface area contributed by atoms with E-state index in [9.17, 15) is 9.90 Å². The Bertz CT molecular complexity index is 430. The van der Waals surface area contributed by atoms with Gasteiger partial charge in [-0.3, -0.25) is 4.79 Å². The van der Waals surface area contributed by atoms with Gasteiger partial charge >= 0.3 is 5.97 Å². The molecule has 1 fully saturated rings. The van der Waals surface area contributed by atoms with Gasteiger partial charge < -0.3 is 15.2 Å². The molecule has 98 valence electrons. The average Bonchev–Trinajstić information content (AvgIpc) is 2.79. The Balaban J connectivity index is 1.89. The highest BCUT2D eigenvalue weighted by atomic mass is 79.9. The molecule has 0 aromatic heterocycles. The van der Waals surface area contributed by atoms with Crippen molar-refractivity contribution < 1.29 is 14.6 Å². The maximum Gasteiger partial charge on any atom is 0.311 e. The molecule has 0 spiro atoms. The van der Waals surface area contributed by atoms with Gasteiger partial charge in [-0.05, 0) is 37.6 Å². The monoisotopic (exact) mass is 313 g/mol. The van der Waals surface area contributed by atoms with Crippen molar-refractivity contribution in [2.75, 3.05) is 19.7 Å². The lowest BCUT2D eigenvalue weighted by Gasteiger charge is -2.22. The van der Waals surface area contributed by atoms with Crippen LogP contribution < -0.4 is 10.1 Å². The second-order valence-electron chi connectivity index (χ2n) is 4.57. The van der Waals surface area contributed by atoms with Crippen molar-refractivity contribution >= 4 is 21.9 Å². The van der Waals surface area contributed by atoms with Crippen molar-refractivity contribution in [3.05, 3.63) is 28.7 Å². The third-order valence-electron chi connectivity index (χ3n) is 3.34. The zero-order chi connectivity index (χ0) is 13.0. The van der Waals surface area contributed by atoms with E-state index in [1.54, 1.807) is 0 Å². The first-order chi connectivity index (χ1) is 8.62. The summed E-state index contributed by atoms with van der Waals surface area (Å²) in [5.41, 5.74) is -0.661. The summed E-state index contributed by atoms with van der Waals surface area (Å²) >= 11 is 3.37. The zero-order valence-electron chi connectivity index (χ0n) is 9.99. The number of hydrogen-bond donors (Lipinski definition) is 2. The number of carbonyl (C=O) groups is 1. The number of benzene rings is 1. The van der Waals surface area contributed by atoms with Crippen LogP contribution in [0.1, 0.15) is 12.8 Å². The number of hydrogen-bond acceptors (Lipinski definition) is 3. The molecule has 1 saturated heterocycles. The van der Waals surface area contributed by atoms with Crippen LogP contribution in [0.2, 0.25) is 0 Å². The first-order valence-corrected chi connectivity index (χ1v) is 6.74. The van der Waals surface area contributed by atoms with E-state index >= 15 is 0 Å². The van der Waals surface area contributed by atoms with Crippen LogP contribution in [0.5, 0.6) is 5.75 Å². The number of aliphatic carboxylic acids is 1. The minimum absolute atomic E-state index is 0.421. The van der Waals surface area contributed by atoms with E-state index in [0.717, 1.165) is 16.8 Å². The topological polar surface area (TPSA) is 58.6 Å². The predicted molar refractivity (Wildman–Crippen MR) is 71.8 cm³/mol. The van der Waals surface area contributed by atoms with Gasteiger partial charge in [0.05, 0.1) is 12.0 Å². The van der Waals surface area contributed by atoms with Gasteiger partial charge in [0.15, 0.2) is 0 Å². The minimum atomic E-state index is -0.731. The van der Waals surface area contributed by atoms with Crippen LogP contribution in [0.3, 0.4) is 0 Å². The molecule has 1 aromatic rings. The fourth-order valence-corrected chi connectivity index (χ4v) is 2.55. The first kappa shape index (κ1) is 13.4. The molecule has 0 radical (unpaired) electrons. The van der Waals surface area contributed by atoms with Gasteiger partial charge in [0.1, 0.15) is 5.75 Å². The van der Waals surface area contributed by atoms with E-state index in [2.05, 4.69) is 21.2 Å². The summed E-state index contributed by atoms with van der Waals surface area (Å²) in [5.74, 6) is 0.0289. The molecular weight excluding hydrogens is 298 g/mol. The Morgan fingerprint density at radius 1 is 1.56 bits per heavy atom. The van der Waals surface area contributed by atoms with E-state index < -0.39 is 11.4 Å². The van der Waals surface area contributed by atoms with Crippen molar-refractivity contribution in [2.45, 2.75) is 12.8 Å². The summed E-state index contributed by atoms with van der Waals surface area (Å²) in [7, 11) is 0. The van der Waals surface area contributed by atoms with E-state index in [-0.39, 0.29) is 0 Å². The fourth-order valence-electron chi connectivity index (χ4n) is 2.17. The smallest absolute Gasteiger partial charge is 0.311 e. The van der Waals surface area contributed by atoms with E-state index in [1.165, 1.54) is 0 Å². The molecule has 1 aromatic carbocycles. The normalized spacial score (nSPS) is 22.9. The van der Waals surface area contributed by atoms with Gasteiger partial charge in [0.25, 0.3) is 0 Å². The first-order valence-electron chi connectivity index (χ1n) is 5.95. The zero-order valence-corrected chi connectivity index (χ0v) is 11.6. The molecule has 1 atom stereocenters.